The van der Waals surface area contributed by atoms with Crippen molar-refractivity contribution in [2.75, 3.05) is 25.7 Å². The monoisotopic (exact) mass is 375 g/mol. The van der Waals surface area contributed by atoms with Crippen molar-refractivity contribution >= 4 is 33.3 Å². The second kappa shape index (κ2) is 5.89. The number of aromatic nitrogens is 2. The number of nitrogens with zero attached hydrogens (tertiary/aromatic N) is 3. The number of aryl methyl sites for hydroxylation is 2. The molecule has 2 aliphatic rings. The number of rotatable bonds is 3. The number of methoxy groups -OCH3 is 1. The summed E-state index contributed by atoms with van der Waals surface area (Å²) in [4.78, 5) is 25.2. The largest absolute Gasteiger partial charge is 0.465 e. The Balaban J connectivity index is 1.83. The molecule has 3 atom stereocenters. The molecular weight excluding hydrogens is 350 g/mol. The summed E-state index contributed by atoms with van der Waals surface area (Å²) in [5, 5.41) is 0.960. The van der Waals surface area contributed by atoms with E-state index in [0.717, 1.165) is 34.6 Å². The second-order valence-electron chi connectivity index (χ2n) is 7.94. The highest BCUT2D eigenvalue weighted by Crippen LogP contribution is 2.55. The standard InChI is InChI=1S/C19H25N3O3S/c1-9-12-16(20-10(2)21-17(12)26-13(9)18(23)24-6)22(5)14-11-7-8-25-15(11)19(14,3)4/h11,14-15H,7-8H2,1-6H3. The number of esters is 1. The highest BCUT2D eigenvalue weighted by atomic mass is 32.1. The minimum absolute atomic E-state index is 0.0657. The van der Waals surface area contributed by atoms with Gasteiger partial charge in [-0.05, 0) is 25.8 Å². The zero-order valence-corrected chi connectivity index (χ0v) is 16.9. The summed E-state index contributed by atoms with van der Waals surface area (Å²) in [6, 6.07) is 0.355. The van der Waals surface area contributed by atoms with Crippen LogP contribution in [0.4, 0.5) is 5.82 Å². The van der Waals surface area contributed by atoms with Gasteiger partial charge in [0.05, 0.1) is 18.6 Å². The Morgan fingerprint density at radius 2 is 2.08 bits per heavy atom. The van der Waals surface area contributed by atoms with Crippen LogP contribution in [-0.2, 0) is 9.47 Å². The Morgan fingerprint density at radius 1 is 1.35 bits per heavy atom. The maximum Gasteiger partial charge on any atom is 0.348 e. The third-order valence-corrected chi connectivity index (χ3v) is 7.21. The Kier molecular flexibility index (Phi) is 4.00. The number of hydrogen-bond donors (Lipinski definition) is 0. The molecule has 0 amide bonds. The molecular formula is C19H25N3O3S. The van der Waals surface area contributed by atoms with Crippen LogP contribution in [0.2, 0.25) is 0 Å². The smallest absolute Gasteiger partial charge is 0.348 e. The predicted octanol–water partition coefficient (Wildman–Crippen LogP) is 3.34. The third kappa shape index (κ3) is 2.29. The molecule has 140 valence electrons. The maximum atomic E-state index is 12.1. The van der Waals surface area contributed by atoms with Crippen LogP contribution >= 0.6 is 11.3 Å². The molecule has 2 aromatic heterocycles. The molecule has 3 unspecified atom stereocenters. The van der Waals surface area contributed by atoms with Crippen molar-refractivity contribution in [3.05, 3.63) is 16.3 Å². The van der Waals surface area contributed by atoms with Crippen LogP contribution in [-0.4, -0.2) is 48.8 Å². The number of thiophene rings is 1. The Hall–Kier alpha value is -1.73. The van der Waals surface area contributed by atoms with E-state index in [0.29, 0.717) is 28.8 Å². The first kappa shape index (κ1) is 17.7. The fourth-order valence-electron chi connectivity index (χ4n) is 4.98. The summed E-state index contributed by atoms with van der Waals surface area (Å²) < 4.78 is 10.9. The van der Waals surface area contributed by atoms with Gasteiger partial charge in [-0.2, -0.15) is 0 Å². The molecule has 0 bridgehead atoms. The molecule has 1 aliphatic heterocycles. The molecule has 0 spiro atoms. The lowest BCUT2D eigenvalue weighted by atomic mass is 9.57. The third-order valence-electron chi connectivity index (χ3n) is 6.04. The van der Waals surface area contributed by atoms with Gasteiger partial charge in [0.25, 0.3) is 0 Å². The SMILES string of the molecule is COC(=O)c1sc2nc(C)nc(N(C)C3C4CCOC4C3(C)C)c2c1C. The van der Waals surface area contributed by atoms with Crippen molar-refractivity contribution in [2.24, 2.45) is 11.3 Å². The fourth-order valence-corrected chi connectivity index (χ4v) is 6.12. The van der Waals surface area contributed by atoms with Gasteiger partial charge in [0, 0.05) is 31.0 Å². The van der Waals surface area contributed by atoms with Gasteiger partial charge in [-0.15, -0.1) is 11.3 Å². The van der Waals surface area contributed by atoms with Gasteiger partial charge < -0.3 is 14.4 Å². The molecule has 1 saturated heterocycles. The normalized spacial score (nSPS) is 26.5. The topological polar surface area (TPSA) is 64.5 Å². The zero-order valence-electron chi connectivity index (χ0n) is 16.1. The van der Waals surface area contributed by atoms with Crippen molar-refractivity contribution < 1.29 is 14.3 Å². The molecule has 6 nitrogen and oxygen atoms in total. The average molecular weight is 375 g/mol. The number of ether oxygens (including phenoxy) is 2. The van der Waals surface area contributed by atoms with Crippen LogP contribution in [0.3, 0.4) is 0 Å². The van der Waals surface area contributed by atoms with Crippen molar-refractivity contribution in [3.8, 4) is 0 Å². The van der Waals surface area contributed by atoms with Gasteiger partial charge in [-0.25, -0.2) is 14.8 Å². The lowest BCUT2D eigenvalue weighted by molar-refractivity contribution is -0.101. The van der Waals surface area contributed by atoms with Gasteiger partial charge in [0.2, 0.25) is 0 Å². The van der Waals surface area contributed by atoms with Crippen molar-refractivity contribution in [1.29, 1.82) is 0 Å². The molecule has 2 aromatic rings. The van der Waals surface area contributed by atoms with Crippen molar-refractivity contribution in [1.82, 2.24) is 9.97 Å². The maximum absolute atomic E-state index is 12.1. The minimum atomic E-state index is -0.315. The van der Waals surface area contributed by atoms with E-state index in [9.17, 15) is 4.79 Å². The van der Waals surface area contributed by atoms with E-state index in [1.54, 1.807) is 0 Å². The molecule has 7 heteroatoms. The lowest BCUT2D eigenvalue weighted by Crippen LogP contribution is -2.66. The lowest BCUT2D eigenvalue weighted by Gasteiger charge is -2.58. The predicted molar refractivity (Wildman–Crippen MR) is 102 cm³/mol. The highest BCUT2D eigenvalue weighted by molar-refractivity contribution is 7.20. The Morgan fingerprint density at radius 3 is 2.77 bits per heavy atom. The van der Waals surface area contributed by atoms with Crippen LogP contribution in [0.5, 0.6) is 0 Å². The van der Waals surface area contributed by atoms with Crippen LogP contribution in [0.15, 0.2) is 0 Å². The van der Waals surface area contributed by atoms with E-state index in [1.165, 1.54) is 18.4 Å². The van der Waals surface area contributed by atoms with Gasteiger partial charge in [0.1, 0.15) is 21.3 Å². The number of carbonyl (C=O) groups excluding carboxylic acids is 1. The molecule has 1 saturated carbocycles. The second-order valence-corrected chi connectivity index (χ2v) is 8.94. The number of fused-ring (bicyclic) bond motifs is 2. The van der Waals surface area contributed by atoms with Crippen LogP contribution in [0, 0.1) is 25.2 Å². The van der Waals surface area contributed by atoms with Gasteiger partial charge >= 0.3 is 5.97 Å². The van der Waals surface area contributed by atoms with E-state index in [4.69, 9.17) is 14.5 Å². The van der Waals surface area contributed by atoms with Crippen molar-refractivity contribution in [3.63, 3.8) is 0 Å². The van der Waals surface area contributed by atoms with E-state index in [-0.39, 0.29) is 11.4 Å². The molecule has 0 aromatic carbocycles. The summed E-state index contributed by atoms with van der Waals surface area (Å²) in [5.74, 6) is 1.83. The molecule has 1 aliphatic carbocycles. The molecule has 0 N–H and O–H groups in total. The number of hydrogen-bond acceptors (Lipinski definition) is 7. The molecule has 4 rings (SSSR count). The molecule has 2 fully saturated rings. The van der Waals surface area contributed by atoms with E-state index >= 15 is 0 Å². The van der Waals surface area contributed by atoms with Gasteiger partial charge in [-0.1, -0.05) is 13.8 Å². The summed E-state index contributed by atoms with van der Waals surface area (Å²) in [7, 11) is 3.52. The van der Waals surface area contributed by atoms with Crippen LogP contribution in [0.1, 0.15) is 41.3 Å². The highest BCUT2D eigenvalue weighted by Gasteiger charge is 2.61. The first-order chi connectivity index (χ1) is 12.3. The number of anilines is 1. The first-order valence-electron chi connectivity index (χ1n) is 8.97. The van der Waals surface area contributed by atoms with Gasteiger partial charge in [0.15, 0.2) is 0 Å². The molecule has 26 heavy (non-hydrogen) atoms. The summed E-state index contributed by atoms with van der Waals surface area (Å²) >= 11 is 1.38. The Labute approximate surface area is 157 Å². The average Bonchev–Trinajstić information content (AvgIpc) is 3.16. The van der Waals surface area contributed by atoms with Crippen LogP contribution < -0.4 is 4.90 Å². The van der Waals surface area contributed by atoms with Crippen molar-refractivity contribution in [2.45, 2.75) is 46.3 Å². The minimum Gasteiger partial charge on any atom is -0.465 e. The summed E-state index contributed by atoms with van der Waals surface area (Å²) in [6.07, 6.45) is 1.41. The van der Waals surface area contributed by atoms with E-state index < -0.39 is 0 Å². The quantitative estimate of drug-likeness (QED) is 0.767. The Bertz CT molecular complexity index is 892. The van der Waals surface area contributed by atoms with Gasteiger partial charge in [-0.3, -0.25) is 0 Å². The summed E-state index contributed by atoms with van der Waals surface area (Å²) in [6.45, 7) is 9.23. The number of carbonyl (C=O) groups is 1. The van der Waals surface area contributed by atoms with E-state index in [2.05, 4.69) is 30.8 Å². The fraction of sp³-hybridized carbons (Fsp3) is 0.632. The van der Waals surface area contributed by atoms with E-state index in [1.807, 2.05) is 13.8 Å². The zero-order chi connectivity index (χ0) is 18.8. The molecule has 0 radical (unpaired) electrons. The summed E-state index contributed by atoms with van der Waals surface area (Å²) in [5.41, 5.74) is 0.964. The molecule has 3 heterocycles. The first-order valence-corrected chi connectivity index (χ1v) is 9.79. The van der Waals surface area contributed by atoms with Crippen LogP contribution in [0.25, 0.3) is 10.2 Å².